The SMILES string of the molecule is O=C(c1cccc(Cl)c1)N1CCC(C(=O)N(Cc2ccccc2)Cc2ccccc2)CC1. The van der Waals surface area contributed by atoms with Crippen molar-refractivity contribution >= 4 is 23.4 Å². The van der Waals surface area contributed by atoms with Gasteiger partial charge in [-0.1, -0.05) is 78.3 Å². The van der Waals surface area contributed by atoms with Crippen molar-refractivity contribution in [2.75, 3.05) is 13.1 Å². The zero-order valence-electron chi connectivity index (χ0n) is 18.0. The van der Waals surface area contributed by atoms with Crippen LogP contribution in [0.25, 0.3) is 0 Å². The molecule has 4 nitrogen and oxygen atoms in total. The molecule has 0 N–H and O–H groups in total. The highest BCUT2D eigenvalue weighted by atomic mass is 35.5. The maximum atomic E-state index is 13.5. The monoisotopic (exact) mass is 446 g/mol. The molecule has 0 aromatic heterocycles. The van der Waals surface area contributed by atoms with Gasteiger partial charge in [0.15, 0.2) is 0 Å². The van der Waals surface area contributed by atoms with Gasteiger partial charge in [0.2, 0.25) is 5.91 Å². The third-order valence-corrected chi connectivity index (χ3v) is 6.18. The summed E-state index contributed by atoms with van der Waals surface area (Å²) in [6.07, 6.45) is 1.34. The Kier molecular flexibility index (Phi) is 7.23. The lowest BCUT2D eigenvalue weighted by atomic mass is 9.94. The van der Waals surface area contributed by atoms with Crippen LogP contribution in [-0.4, -0.2) is 34.7 Å². The Labute approximate surface area is 194 Å². The molecule has 0 radical (unpaired) electrons. The maximum Gasteiger partial charge on any atom is 0.253 e. The molecule has 0 spiro atoms. The molecule has 1 aliphatic rings. The van der Waals surface area contributed by atoms with E-state index in [-0.39, 0.29) is 17.7 Å². The molecule has 1 heterocycles. The fourth-order valence-corrected chi connectivity index (χ4v) is 4.40. The number of nitrogens with zero attached hydrogens (tertiary/aromatic N) is 2. The molecule has 4 rings (SSSR count). The van der Waals surface area contributed by atoms with E-state index in [4.69, 9.17) is 11.6 Å². The molecule has 3 aromatic rings. The topological polar surface area (TPSA) is 40.6 Å². The highest BCUT2D eigenvalue weighted by Crippen LogP contribution is 2.24. The molecule has 5 heteroatoms. The molecule has 0 saturated carbocycles. The van der Waals surface area contributed by atoms with Crippen LogP contribution in [0, 0.1) is 5.92 Å². The van der Waals surface area contributed by atoms with Crippen LogP contribution >= 0.6 is 11.6 Å². The summed E-state index contributed by atoms with van der Waals surface area (Å²) >= 11 is 6.04. The van der Waals surface area contributed by atoms with E-state index in [2.05, 4.69) is 24.3 Å². The molecule has 2 amide bonds. The first-order valence-corrected chi connectivity index (χ1v) is 11.4. The summed E-state index contributed by atoms with van der Waals surface area (Å²) in [4.78, 5) is 30.1. The highest BCUT2D eigenvalue weighted by molar-refractivity contribution is 6.30. The largest absolute Gasteiger partial charge is 0.339 e. The second-order valence-electron chi connectivity index (χ2n) is 8.24. The molecular weight excluding hydrogens is 420 g/mol. The zero-order chi connectivity index (χ0) is 22.3. The first-order chi connectivity index (χ1) is 15.6. The smallest absolute Gasteiger partial charge is 0.253 e. The van der Waals surface area contributed by atoms with E-state index >= 15 is 0 Å². The third kappa shape index (κ3) is 5.57. The van der Waals surface area contributed by atoms with Crippen LogP contribution in [0.5, 0.6) is 0 Å². The Morgan fingerprint density at radius 1 is 0.812 bits per heavy atom. The number of carbonyl (C=O) groups excluding carboxylic acids is 2. The Morgan fingerprint density at radius 2 is 1.38 bits per heavy atom. The van der Waals surface area contributed by atoms with Crippen LogP contribution in [0.2, 0.25) is 5.02 Å². The van der Waals surface area contributed by atoms with Crippen molar-refractivity contribution in [3.05, 3.63) is 107 Å². The molecule has 0 aliphatic carbocycles. The second kappa shape index (κ2) is 10.5. The summed E-state index contributed by atoms with van der Waals surface area (Å²) in [6, 6.07) is 27.2. The van der Waals surface area contributed by atoms with E-state index < -0.39 is 0 Å². The molecule has 0 bridgehead atoms. The van der Waals surface area contributed by atoms with Gasteiger partial charge in [0, 0.05) is 42.7 Å². The Balaban J connectivity index is 1.42. The average Bonchev–Trinajstić information content (AvgIpc) is 2.84. The van der Waals surface area contributed by atoms with Gasteiger partial charge in [-0.3, -0.25) is 9.59 Å². The molecule has 1 fully saturated rings. The van der Waals surface area contributed by atoms with E-state index in [1.807, 2.05) is 46.2 Å². The number of rotatable bonds is 6. The van der Waals surface area contributed by atoms with Crippen molar-refractivity contribution in [1.82, 2.24) is 9.80 Å². The minimum Gasteiger partial charge on any atom is -0.339 e. The first kappa shape index (κ1) is 22.1. The molecule has 1 saturated heterocycles. The van der Waals surface area contributed by atoms with Crippen molar-refractivity contribution in [3.8, 4) is 0 Å². The van der Waals surface area contributed by atoms with E-state index in [0.717, 1.165) is 11.1 Å². The van der Waals surface area contributed by atoms with Crippen molar-refractivity contribution in [1.29, 1.82) is 0 Å². The van der Waals surface area contributed by atoms with Crippen LogP contribution in [0.3, 0.4) is 0 Å². The van der Waals surface area contributed by atoms with Gasteiger partial charge < -0.3 is 9.80 Å². The van der Waals surface area contributed by atoms with Crippen LogP contribution < -0.4 is 0 Å². The van der Waals surface area contributed by atoms with Crippen molar-refractivity contribution < 1.29 is 9.59 Å². The summed E-state index contributed by atoms with van der Waals surface area (Å²) in [5.74, 6) is 0.0576. The molecular formula is C27H27ClN2O2. The number of piperidine rings is 1. The number of amides is 2. The predicted octanol–water partition coefficient (Wildman–Crippen LogP) is 5.42. The van der Waals surface area contributed by atoms with Gasteiger partial charge in [0.25, 0.3) is 5.91 Å². The number of benzene rings is 3. The molecule has 0 unspecified atom stereocenters. The Hall–Kier alpha value is -3.11. The van der Waals surface area contributed by atoms with Crippen molar-refractivity contribution in [2.45, 2.75) is 25.9 Å². The summed E-state index contributed by atoms with van der Waals surface area (Å²) in [5.41, 5.74) is 2.83. The summed E-state index contributed by atoms with van der Waals surface area (Å²) in [7, 11) is 0. The average molecular weight is 447 g/mol. The first-order valence-electron chi connectivity index (χ1n) is 11.0. The standard InChI is InChI=1S/C27H27ClN2O2/c28-25-13-7-12-24(18-25)27(32)29-16-14-23(15-17-29)26(31)30(19-21-8-3-1-4-9-21)20-22-10-5-2-6-11-22/h1-13,18,23H,14-17,19-20H2. The summed E-state index contributed by atoms with van der Waals surface area (Å²) in [6.45, 7) is 2.31. The number of hydrogen-bond acceptors (Lipinski definition) is 2. The van der Waals surface area contributed by atoms with Gasteiger partial charge in [-0.25, -0.2) is 0 Å². The van der Waals surface area contributed by atoms with Gasteiger partial charge in [0.05, 0.1) is 0 Å². The maximum absolute atomic E-state index is 13.5. The molecule has 0 atom stereocenters. The predicted molar refractivity (Wildman–Crippen MR) is 127 cm³/mol. The van der Waals surface area contributed by atoms with Gasteiger partial charge >= 0.3 is 0 Å². The van der Waals surface area contributed by atoms with Crippen molar-refractivity contribution in [3.63, 3.8) is 0 Å². The van der Waals surface area contributed by atoms with Gasteiger partial charge in [0.1, 0.15) is 0 Å². The lowest BCUT2D eigenvalue weighted by Crippen LogP contribution is -2.44. The normalized spacial score (nSPS) is 14.2. The van der Waals surface area contributed by atoms with Crippen LogP contribution in [-0.2, 0) is 17.9 Å². The van der Waals surface area contributed by atoms with Gasteiger partial charge in [-0.2, -0.15) is 0 Å². The van der Waals surface area contributed by atoms with Crippen LogP contribution in [0.1, 0.15) is 34.3 Å². The molecule has 1 aliphatic heterocycles. The fraction of sp³-hybridized carbons (Fsp3) is 0.259. The third-order valence-electron chi connectivity index (χ3n) is 5.95. The lowest BCUT2D eigenvalue weighted by molar-refractivity contribution is -0.138. The molecule has 3 aromatic carbocycles. The summed E-state index contributed by atoms with van der Waals surface area (Å²) in [5, 5.41) is 0.554. The van der Waals surface area contributed by atoms with Crippen molar-refractivity contribution in [2.24, 2.45) is 5.92 Å². The van der Waals surface area contributed by atoms with E-state index in [9.17, 15) is 9.59 Å². The lowest BCUT2D eigenvalue weighted by Gasteiger charge is -2.34. The van der Waals surface area contributed by atoms with E-state index in [1.54, 1.807) is 24.3 Å². The number of carbonyl (C=O) groups is 2. The van der Waals surface area contributed by atoms with Gasteiger partial charge in [-0.15, -0.1) is 0 Å². The number of hydrogen-bond donors (Lipinski definition) is 0. The zero-order valence-corrected chi connectivity index (χ0v) is 18.7. The minimum absolute atomic E-state index is 0.0242. The van der Waals surface area contributed by atoms with E-state index in [1.165, 1.54) is 0 Å². The van der Waals surface area contributed by atoms with Crippen LogP contribution in [0.4, 0.5) is 0 Å². The number of halogens is 1. The number of likely N-dealkylation sites (tertiary alicyclic amines) is 1. The fourth-order valence-electron chi connectivity index (χ4n) is 4.21. The van der Waals surface area contributed by atoms with Gasteiger partial charge in [-0.05, 0) is 42.2 Å². The Morgan fingerprint density at radius 3 is 1.91 bits per heavy atom. The molecule has 164 valence electrons. The van der Waals surface area contributed by atoms with Crippen LogP contribution in [0.15, 0.2) is 84.9 Å². The second-order valence-corrected chi connectivity index (χ2v) is 8.68. The highest BCUT2D eigenvalue weighted by Gasteiger charge is 2.30. The summed E-state index contributed by atoms with van der Waals surface area (Å²) < 4.78 is 0. The van der Waals surface area contributed by atoms with E-state index in [0.29, 0.717) is 49.6 Å². The Bertz CT molecular complexity index is 1010. The molecule has 32 heavy (non-hydrogen) atoms. The quantitative estimate of drug-likeness (QED) is 0.507. The minimum atomic E-state index is -0.0779.